The first-order valence-corrected chi connectivity index (χ1v) is 6.47. The number of rotatable bonds is 6. The number of nitrogens with zero attached hydrogens (tertiary/aromatic N) is 5. The van der Waals surface area contributed by atoms with Crippen LogP contribution in [-0.4, -0.2) is 43.7 Å². The van der Waals surface area contributed by atoms with Crippen LogP contribution in [0.15, 0.2) is 12.4 Å². The van der Waals surface area contributed by atoms with Gasteiger partial charge in [0.25, 0.3) is 0 Å². The molecule has 0 aliphatic rings. The van der Waals surface area contributed by atoms with Crippen molar-refractivity contribution in [3.8, 4) is 11.5 Å². The molecular formula is C12H18N6O2. The summed E-state index contributed by atoms with van der Waals surface area (Å²) in [6.07, 6.45) is 4.19. The number of nitrogens with two attached hydrogens (primary N) is 1. The maximum Gasteiger partial charge on any atom is 0.361 e. The van der Waals surface area contributed by atoms with Gasteiger partial charge in [0.05, 0.1) is 6.61 Å². The predicted octanol–water partition coefficient (Wildman–Crippen LogP) is 0.204. The van der Waals surface area contributed by atoms with E-state index >= 15 is 0 Å². The molecular weight excluding hydrogens is 260 g/mol. The molecule has 0 aliphatic carbocycles. The molecule has 8 nitrogen and oxygen atoms in total. The second-order valence-corrected chi connectivity index (χ2v) is 4.23. The van der Waals surface area contributed by atoms with Gasteiger partial charge in [0.2, 0.25) is 5.69 Å². The Morgan fingerprint density at radius 1 is 1.50 bits per heavy atom. The highest BCUT2D eigenvalue weighted by Crippen LogP contribution is 2.21. The number of hydrogen-bond donors (Lipinski definition) is 1. The second-order valence-electron chi connectivity index (χ2n) is 4.23. The first-order chi connectivity index (χ1) is 9.69. The third-order valence-corrected chi connectivity index (χ3v) is 2.81. The van der Waals surface area contributed by atoms with Crippen LogP contribution in [0, 0.1) is 0 Å². The van der Waals surface area contributed by atoms with Crippen LogP contribution in [0.1, 0.15) is 23.8 Å². The summed E-state index contributed by atoms with van der Waals surface area (Å²) in [6.45, 7) is 3.14. The van der Waals surface area contributed by atoms with Gasteiger partial charge >= 0.3 is 5.97 Å². The molecule has 0 saturated carbocycles. The highest BCUT2D eigenvalue weighted by molar-refractivity contribution is 5.93. The highest BCUT2D eigenvalue weighted by Gasteiger charge is 2.24. The van der Waals surface area contributed by atoms with E-state index in [-0.39, 0.29) is 12.3 Å². The predicted molar refractivity (Wildman–Crippen MR) is 71.9 cm³/mol. The van der Waals surface area contributed by atoms with Crippen molar-refractivity contribution in [1.29, 1.82) is 0 Å². The van der Waals surface area contributed by atoms with Gasteiger partial charge < -0.3 is 15.0 Å². The van der Waals surface area contributed by atoms with E-state index in [4.69, 9.17) is 10.5 Å². The van der Waals surface area contributed by atoms with Crippen molar-refractivity contribution < 1.29 is 9.53 Å². The van der Waals surface area contributed by atoms with Gasteiger partial charge in [-0.1, -0.05) is 5.21 Å². The molecule has 0 radical (unpaired) electrons. The minimum absolute atomic E-state index is 0.179. The number of hydrogen-bond acceptors (Lipinski definition) is 6. The van der Waals surface area contributed by atoms with Crippen LogP contribution in [0.25, 0.3) is 11.5 Å². The van der Waals surface area contributed by atoms with Crippen molar-refractivity contribution in [2.24, 2.45) is 12.8 Å². The minimum Gasteiger partial charge on any atom is -0.461 e. The fourth-order valence-electron chi connectivity index (χ4n) is 1.86. The Morgan fingerprint density at radius 3 is 2.90 bits per heavy atom. The number of carbonyl (C=O) groups excluding carboxylic acids is 1. The SMILES string of the molecule is CCOC(=O)c1nnn(CCCN)c1-c1nccn1C. The van der Waals surface area contributed by atoms with Crippen LogP contribution in [0.3, 0.4) is 0 Å². The average Bonchev–Trinajstić information content (AvgIpc) is 3.02. The van der Waals surface area contributed by atoms with E-state index in [9.17, 15) is 4.79 Å². The van der Waals surface area contributed by atoms with Gasteiger partial charge in [0.15, 0.2) is 5.82 Å². The van der Waals surface area contributed by atoms with Crippen molar-refractivity contribution in [3.05, 3.63) is 18.1 Å². The Bertz CT molecular complexity index is 589. The third kappa shape index (κ3) is 2.69. The lowest BCUT2D eigenvalue weighted by molar-refractivity contribution is 0.0520. The summed E-state index contributed by atoms with van der Waals surface area (Å²) in [5.74, 6) is 0.125. The summed E-state index contributed by atoms with van der Waals surface area (Å²) in [6, 6.07) is 0. The van der Waals surface area contributed by atoms with Crippen molar-refractivity contribution >= 4 is 5.97 Å². The molecule has 2 heterocycles. The lowest BCUT2D eigenvalue weighted by Gasteiger charge is -2.07. The molecule has 0 spiro atoms. The summed E-state index contributed by atoms with van der Waals surface area (Å²) >= 11 is 0. The number of imidazole rings is 1. The lowest BCUT2D eigenvalue weighted by atomic mass is 10.3. The molecule has 0 bridgehead atoms. The Kier molecular flexibility index (Phi) is 4.46. The van der Waals surface area contributed by atoms with Gasteiger partial charge in [-0.15, -0.1) is 5.10 Å². The average molecular weight is 278 g/mol. The zero-order valence-corrected chi connectivity index (χ0v) is 11.6. The molecule has 0 aromatic carbocycles. The van der Waals surface area contributed by atoms with Crippen LogP contribution < -0.4 is 5.73 Å². The monoisotopic (exact) mass is 278 g/mol. The number of aryl methyl sites for hydroxylation is 2. The Balaban J connectivity index is 2.45. The third-order valence-electron chi connectivity index (χ3n) is 2.81. The molecule has 2 aromatic heterocycles. The van der Waals surface area contributed by atoms with Gasteiger partial charge in [-0.25, -0.2) is 14.5 Å². The molecule has 0 unspecified atom stereocenters. The van der Waals surface area contributed by atoms with Crippen molar-refractivity contribution in [2.75, 3.05) is 13.2 Å². The minimum atomic E-state index is -0.496. The fraction of sp³-hybridized carbons (Fsp3) is 0.500. The molecule has 2 N–H and O–H groups in total. The standard InChI is InChI=1S/C12H18N6O2/c1-3-20-12(19)9-10(11-14-6-8-17(11)2)18(16-15-9)7-4-5-13/h6,8H,3-5,7,13H2,1-2H3. The van der Waals surface area contributed by atoms with E-state index in [0.717, 1.165) is 6.42 Å². The molecule has 0 saturated heterocycles. The van der Waals surface area contributed by atoms with E-state index in [2.05, 4.69) is 15.3 Å². The largest absolute Gasteiger partial charge is 0.461 e. The molecule has 2 rings (SSSR count). The van der Waals surface area contributed by atoms with Crippen LogP contribution in [-0.2, 0) is 18.3 Å². The van der Waals surface area contributed by atoms with Crippen LogP contribution in [0.4, 0.5) is 0 Å². The summed E-state index contributed by atoms with van der Waals surface area (Å²) in [4.78, 5) is 16.2. The second kappa shape index (κ2) is 6.29. The molecule has 0 amide bonds. The van der Waals surface area contributed by atoms with E-state index in [1.807, 2.05) is 7.05 Å². The highest BCUT2D eigenvalue weighted by atomic mass is 16.5. The van der Waals surface area contributed by atoms with E-state index in [0.29, 0.717) is 24.6 Å². The van der Waals surface area contributed by atoms with Crippen molar-refractivity contribution in [1.82, 2.24) is 24.5 Å². The normalized spacial score (nSPS) is 10.8. The zero-order valence-electron chi connectivity index (χ0n) is 11.6. The summed E-state index contributed by atoms with van der Waals surface area (Å²) < 4.78 is 8.45. The molecule has 108 valence electrons. The first-order valence-electron chi connectivity index (χ1n) is 6.47. The Morgan fingerprint density at radius 2 is 2.30 bits per heavy atom. The molecule has 8 heteroatoms. The van der Waals surface area contributed by atoms with E-state index in [1.165, 1.54) is 0 Å². The number of ether oxygens (including phenoxy) is 1. The van der Waals surface area contributed by atoms with Gasteiger partial charge in [-0.3, -0.25) is 0 Å². The van der Waals surface area contributed by atoms with Crippen LogP contribution in [0.2, 0.25) is 0 Å². The van der Waals surface area contributed by atoms with Crippen molar-refractivity contribution in [2.45, 2.75) is 19.9 Å². The van der Waals surface area contributed by atoms with Gasteiger partial charge in [-0.2, -0.15) is 0 Å². The fourth-order valence-corrected chi connectivity index (χ4v) is 1.86. The summed E-state index contributed by atoms with van der Waals surface area (Å²) in [5.41, 5.74) is 6.25. The summed E-state index contributed by atoms with van der Waals surface area (Å²) in [5, 5.41) is 7.94. The van der Waals surface area contributed by atoms with E-state index < -0.39 is 5.97 Å². The Hall–Kier alpha value is -2.22. The topological polar surface area (TPSA) is 101 Å². The molecule has 20 heavy (non-hydrogen) atoms. The maximum absolute atomic E-state index is 12.0. The van der Waals surface area contributed by atoms with Crippen molar-refractivity contribution in [3.63, 3.8) is 0 Å². The lowest BCUT2D eigenvalue weighted by Crippen LogP contribution is -2.12. The summed E-state index contributed by atoms with van der Waals surface area (Å²) in [7, 11) is 1.84. The van der Waals surface area contributed by atoms with Gasteiger partial charge in [0.1, 0.15) is 5.69 Å². The quantitative estimate of drug-likeness (QED) is 0.758. The maximum atomic E-state index is 12.0. The smallest absolute Gasteiger partial charge is 0.361 e. The first kappa shape index (κ1) is 14.2. The molecule has 0 aliphatic heterocycles. The van der Waals surface area contributed by atoms with Crippen LogP contribution >= 0.6 is 0 Å². The molecule has 0 fully saturated rings. The van der Waals surface area contributed by atoms with E-state index in [1.54, 1.807) is 28.6 Å². The number of aromatic nitrogens is 5. The van der Waals surface area contributed by atoms with Gasteiger partial charge in [0, 0.05) is 26.0 Å². The number of esters is 1. The molecule has 2 aromatic rings. The van der Waals surface area contributed by atoms with Gasteiger partial charge in [-0.05, 0) is 19.9 Å². The number of carbonyl (C=O) groups is 1. The zero-order chi connectivity index (χ0) is 14.5. The molecule has 0 atom stereocenters. The van der Waals surface area contributed by atoms with Crippen LogP contribution in [0.5, 0.6) is 0 Å². The Labute approximate surface area is 116 Å².